The molecule has 13 nitrogen and oxygen atoms in total. The molecule has 0 saturated carbocycles. The molecule has 47 heavy (non-hydrogen) atoms. The van der Waals surface area contributed by atoms with Gasteiger partial charge in [0.05, 0.1) is 35.9 Å². The molecule has 3 unspecified atom stereocenters. The van der Waals surface area contributed by atoms with Gasteiger partial charge in [0.2, 0.25) is 15.9 Å². The zero-order chi connectivity index (χ0) is 33.6. The molecular weight excluding hydrogens is 626 g/mol. The fraction of sp³-hybridized carbons (Fsp3) is 0.333. The number of oxime groups is 1. The van der Waals surface area contributed by atoms with Gasteiger partial charge >= 0.3 is 12.0 Å². The van der Waals surface area contributed by atoms with E-state index in [2.05, 4.69) is 20.5 Å². The molecule has 3 aromatic carbocycles. The van der Waals surface area contributed by atoms with Crippen LogP contribution in [0.1, 0.15) is 36.8 Å². The summed E-state index contributed by atoms with van der Waals surface area (Å²) < 4.78 is 33.2. The van der Waals surface area contributed by atoms with Gasteiger partial charge in [-0.2, -0.15) is 4.72 Å². The Bertz CT molecular complexity index is 1770. The van der Waals surface area contributed by atoms with E-state index in [0.29, 0.717) is 41.4 Å². The highest BCUT2D eigenvalue weighted by atomic mass is 32.2. The maximum atomic E-state index is 13.5. The van der Waals surface area contributed by atoms with Gasteiger partial charge in [-0.05, 0) is 61.2 Å². The maximum absolute atomic E-state index is 13.5. The lowest BCUT2D eigenvalue weighted by molar-refractivity contribution is -0.140. The Labute approximate surface area is 273 Å². The molecule has 1 saturated heterocycles. The van der Waals surface area contributed by atoms with Crippen LogP contribution in [0.25, 0.3) is 0 Å². The first-order valence-corrected chi connectivity index (χ1v) is 16.6. The molecular formula is C33H37N5O8S. The quantitative estimate of drug-likeness (QED) is 0.224. The van der Waals surface area contributed by atoms with E-state index in [0.717, 1.165) is 12.0 Å². The summed E-state index contributed by atoms with van der Waals surface area (Å²) in [6.07, 6.45) is 0.974. The molecule has 0 aromatic heterocycles. The molecule has 14 heteroatoms. The van der Waals surface area contributed by atoms with Crippen LogP contribution in [0, 0.1) is 6.92 Å². The number of hydrogen-bond donors (Lipinski definition) is 4. The second-order valence-electron chi connectivity index (χ2n) is 11.4. The number of nitrogens with zero attached hydrogens (tertiary/aromatic N) is 2. The Morgan fingerprint density at radius 3 is 2.49 bits per heavy atom. The van der Waals surface area contributed by atoms with Gasteiger partial charge < -0.3 is 30.2 Å². The molecule has 0 radical (unpaired) electrons. The first kappa shape index (κ1) is 33.4. The van der Waals surface area contributed by atoms with E-state index in [1.807, 2.05) is 25.1 Å². The number of carboxylic acid groups (broad SMARTS) is 1. The van der Waals surface area contributed by atoms with Crippen LogP contribution in [0.3, 0.4) is 0 Å². The zero-order valence-electron chi connectivity index (χ0n) is 26.0. The molecule has 0 bridgehead atoms. The summed E-state index contributed by atoms with van der Waals surface area (Å²) in [6, 6.07) is 17.9. The number of ether oxygens (including phenoxy) is 1. The monoisotopic (exact) mass is 663 g/mol. The molecule has 2 aliphatic rings. The molecule has 248 valence electrons. The number of aliphatic carboxylic acids is 1. The fourth-order valence-electron chi connectivity index (χ4n) is 5.72. The number of urea groups is 1. The van der Waals surface area contributed by atoms with Crippen LogP contribution < -0.4 is 20.1 Å². The summed E-state index contributed by atoms with van der Waals surface area (Å²) >= 11 is 0. The van der Waals surface area contributed by atoms with E-state index < -0.39 is 34.2 Å². The largest absolute Gasteiger partial charge is 0.495 e. The summed E-state index contributed by atoms with van der Waals surface area (Å²) in [4.78, 5) is 45.3. The van der Waals surface area contributed by atoms with Gasteiger partial charge in [0, 0.05) is 25.1 Å². The number of carboxylic acids is 1. The lowest BCUT2D eigenvalue weighted by atomic mass is 9.99. The van der Waals surface area contributed by atoms with Gasteiger partial charge in [0.1, 0.15) is 17.9 Å². The van der Waals surface area contributed by atoms with Crippen LogP contribution in [0.15, 0.2) is 82.8 Å². The number of hydrogen-bond acceptors (Lipinski definition) is 8. The SMILES string of the molecule is COc1cc(CC(=O)N2CCCC2C2=NOC(CC(NS(=O)(=O)c3ccccc3)C(=O)O)C2)ccc1NC(=O)Nc1ccccc1C. The predicted octanol–water partition coefficient (Wildman–Crippen LogP) is 4.15. The number of anilines is 2. The number of nitrogens with one attached hydrogen (secondary N) is 3. The summed E-state index contributed by atoms with van der Waals surface area (Å²) in [7, 11) is -2.58. The van der Waals surface area contributed by atoms with Crippen LogP contribution in [0.4, 0.5) is 16.2 Å². The molecule has 0 spiro atoms. The smallest absolute Gasteiger partial charge is 0.323 e. The predicted molar refractivity (Wildman–Crippen MR) is 175 cm³/mol. The second kappa shape index (κ2) is 14.6. The van der Waals surface area contributed by atoms with Crippen molar-refractivity contribution in [1.29, 1.82) is 0 Å². The standard InChI is InChI=1S/C33H37N5O8S/c1-21-9-6-7-12-25(21)34-33(42)35-26-15-14-22(17-30(26)45-2)18-31(39)38-16-8-13-29(38)27-19-23(46-36-27)20-28(32(40)41)37-47(43,44)24-10-4-3-5-11-24/h3-7,9-12,14-15,17,23,28-29,37H,8,13,16,18-20H2,1-2H3,(H,40,41)(H2,34,35,42). The van der Waals surface area contributed by atoms with Crippen LogP contribution >= 0.6 is 0 Å². The molecule has 3 atom stereocenters. The average molecular weight is 664 g/mol. The normalized spacial score (nSPS) is 18.2. The highest BCUT2D eigenvalue weighted by molar-refractivity contribution is 7.89. The number of benzene rings is 3. The third-order valence-electron chi connectivity index (χ3n) is 8.12. The Morgan fingerprint density at radius 1 is 1.04 bits per heavy atom. The first-order chi connectivity index (χ1) is 22.5. The number of rotatable bonds is 12. The summed E-state index contributed by atoms with van der Waals surface area (Å²) in [5.74, 6) is -1.05. The minimum atomic E-state index is -4.06. The van der Waals surface area contributed by atoms with Crippen molar-refractivity contribution in [2.75, 3.05) is 24.3 Å². The minimum Gasteiger partial charge on any atom is -0.495 e. The molecule has 2 heterocycles. The molecule has 0 aliphatic carbocycles. The lowest BCUT2D eigenvalue weighted by Crippen LogP contribution is -2.43. The van der Waals surface area contributed by atoms with Gasteiger partial charge in [-0.3, -0.25) is 9.59 Å². The van der Waals surface area contributed by atoms with Crippen LogP contribution in [0.2, 0.25) is 0 Å². The number of aryl methyl sites for hydroxylation is 1. The van der Waals surface area contributed by atoms with E-state index in [1.165, 1.54) is 19.2 Å². The third-order valence-corrected chi connectivity index (χ3v) is 9.61. The Morgan fingerprint density at radius 2 is 1.77 bits per heavy atom. The molecule has 4 N–H and O–H groups in total. The third kappa shape index (κ3) is 8.26. The van der Waals surface area contributed by atoms with Crippen LogP contribution in [-0.2, 0) is 30.9 Å². The van der Waals surface area contributed by atoms with Gasteiger partial charge in [0.25, 0.3) is 0 Å². The first-order valence-electron chi connectivity index (χ1n) is 15.2. The molecule has 3 aromatic rings. The average Bonchev–Trinajstić information content (AvgIpc) is 3.73. The molecule has 3 amide bonds. The van der Waals surface area contributed by atoms with Crippen molar-refractivity contribution in [1.82, 2.24) is 9.62 Å². The van der Waals surface area contributed by atoms with Crippen molar-refractivity contribution in [2.45, 2.75) is 62.1 Å². The van der Waals surface area contributed by atoms with Crippen molar-refractivity contribution < 1.29 is 37.5 Å². The minimum absolute atomic E-state index is 0.0391. The lowest BCUT2D eigenvalue weighted by Gasteiger charge is -2.25. The van der Waals surface area contributed by atoms with E-state index in [9.17, 15) is 27.9 Å². The maximum Gasteiger partial charge on any atom is 0.323 e. The number of amides is 3. The summed E-state index contributed by atoms with van der Waals surface area (Å²) in [5, 5.41) is 19.5. The Balaban J connectivity index is 1.17. The van der Waals surface area contributed by atoms with Crippen LogP contribution in [-0.4, -0.2) is 73.9 Å². The number of likely N-dealkylation sites (tertiary alicyclic amines) is 1. The topological polar surface area (TPSA) is 176 Å². The van der Waals surface area contributed by atoms with Crippen molar-refractivity contribution in [3.05, 3.63) is 83.9 Å². The number of methoxy groups -OCH3 is 1. The van der Waals surface area contributed by atoms with E-state index >= 15 is 0 Å². The van der Waals surface area contributed by atoms with Crippen molar-refractivity contribution in [3.8, 4) is 5.75 Å². The van der Waals surface area contributed by atoms with Gasteiger partial charge in [-0.1, -0.05) is 47.6 Å². The van der Waals surface area contributed by atoms with Crippen molar-refractivity contribution in [3.63, 3.8) is 0 Å². The van der Waals surface area contributed by atoms with Gasteiger partial charge in [-0.25, -0.2) is 13.2 Å². The molecule has 2 aliphatic heterocycles. The van der Waals surface area contributed by atoms with Crippen molar-refractivity contribution in [2.24, 2.45) is 5.16 Å². The van der Waals surface area contributed by atoms with Gasteiger partial charge in [-0.15, -0.1) is 0 Å². The number of carbonyl (C=O) groups is 3. The second-order valence-corrected chi connectivity index (χ2v) is 13.1. The number of carbonyl (C=O) groups excluding carboxylic acids is 2. The summed E-state index contributed by atoms with van der Waals surface area (Å²) in [5.41, 5.74) is 3.37. The van der Waals surface area contributed by atoms with Crippen LogP contribution in [0.5, 0.6) is 5.75 Å². The van der Waals surface area contributed by atoms with Crippen molar-refractivity contribution >= 4 is 45.0 Å². The van der Waals surface area contributed by atoms with E-state index in [-0.39, 0.29) is 36.1 Å². The number of sulfonamides is 1. The molecule has 1 fully saturated rings. The zero-order valence-corrected chi connectivity index (χ0v) is 26.8. The number of para-hydroxylation sites is 1. The van der Waals surface area contributed by atoms with E-state index in [4.69, 9.17) is 9.57 Å². The highest BCUT2D eigenvalue weighted by Gasteiger charge is 2.38. The summed E-state index contributed by atoms with van der Waals surface area (Å²) in [6.45, 7) is 2.42. The van der Waals surface area contributed by atoms with Gasteiger partial charge in [0.15, 0.2) is 0 Å². The fourth-order valence-corrected chi connectivity index (χ4v) is 6.94. The molecule has 5 rings (SSSR count). The highest BCUT2D eigenvalue weighted by Crippen LogP contribution is 2.29. The Kier molecular flexibility index (Phi) is 10.4. The Hall–Kier alpha value is -4.95. The van der Waals surface area contributed by atoms with E-state index in [1.54, 1.807) is 47.4 Å².